The highest BCUT2D eigenvalue weighted by atomic mass is 16.4. The summed E-state index contributed by atoms with van der Waals surface area (Å²) in [6.45, 7) is 5.65. The van der Waals surface area contributed by atoms with Gasteiger partial charge in [0.2, 0.25) is 5.91 Å². The molecule has 0 aliphatic heterocycles. The molecule has 0 fully saturated rings. The van der Waals surface area contributed by atoms with Crippen LogP contribution in [0.15, 0.2) is 0 Å². The molecular formula is C13H25N3O4. The first-order chi connectivity index (χ1) is 9.20. The van der Waals surface area contributed by atoms with Crippen molar-refractivity contribution in [3.8, 4) is 0 Å². The summed E-state index contributed by atoms with van der Waals surface area (Å²) < 4.78 is 0. The van der Waals surface area contributed by atoms with Crippen LogP contribution < -0.4 is 10.6 Å². The summed E-state index contributed by atoms with van der Waals surface area (Å²) in [7, 11) is 3.11. The fraction of sp³-hybridized carbons (Fsp3) is 0.769. The van der Waals surface area contributed by atoms with Crippen molar-refractivity contribution in [1.82, 2.24) is 15.5 Å². The number of hydrogen-bond acceptors (Lipinski definition) is 3. The molecule has 0 aromatic carbocycles. The van der Waals surface area contributed by atoms with E-state index in [0.29, 0.717) is 0 Å². The third kappa shape index (κ3) is 5.90. The maximum Gasteiger partial charge on any atom is 0.317 e. The summed E-state index contributed by atoms with van der Waals surface area (Å²) in [6.07, 6.45) is 0. The lowest BCUT2D eigenvalue weighted by atomic mass is 9.96. The van der Waals surface area contributed by atoms with Gasteiger partial charge >= 0.3 is 12.0 Å². The smallest absolute Gasteiger partial charge is 0.317 e. The van der Waals surface area contributed by atoms with Crippen molar-refractivity contribution in [1.29, 1.82) is 0 Å². The van der Waals surface area contributed by atoms with E-state index in [9.17, 15) is 14.4 Å². The second-order valence-electron chi connectivity index (χ2n) is 5.27. The fourth-order valence-corrected chi connectivity index (χ4v) is 1.76. The van der Waals surface area contributed by atoms with Crippen LogP contribution >= 0.6 is 0 Å². The van der Waals surface area contributed by atoms with Crippen LogP contribution in [0.25, 0.3) is 0 Å². The van der Waals surface area contributed by atoms with Crippen LogP contribution in [0.2, 0.25) is 0 Å². The van der Waals surface area contributed by atoms with E-state index in [-0.39, 0.29) is 36.9 Å². The molecular weight excluding hydrogens is 262 g/mol. The van der Waals surface area contributed by atoms with Gasteiger partial charge in [-0.1, -0.05) is 20.8 Å². The first-order valence-electron chi connectivity index (χ1n) is 6.64. The highest BCUT2D eigenvalue weighted by molar-refractivity contribution is 5.80. The number of aliphatic carboxylic acids is 1. The molecule has 3 amide bonds. The molecule has 2 atom stereocenters. The lowest BCUT2D eigenvalue weighted by molar-refractivity contribution is -0.143. The highest BCUT2D eigenvalue weighted by Crippen LogP contribution is 2.09. The van der Waals surface area contributed by atoms with Gasteiger partial charge in [-0.3, -0.25) is 9.59 Å². The van der Waals surface area contributed by atoms with E-state index in [1.165, 1.54) is 4.90 Å². The number of carbonyl (C=O) groups excluding carboxylic acids is 2. The Morgan fingerprint density at radius 2 is 1.75 bits per heavy atom. The van der Waals surface area contributed by atoms with Crippen molar-refractivity contribution in [2.75, 3.05) is 27.2 Å². The molecule has 0 heterocycles. The number of nitrogens with zero attached hydrogens (tertiary/aromatic N) is 1. The van der Waals surface area contributed by atoms with Gasteiger partial charge in [-0.15, -0.1) is 0 Å². The predicted octanol–water partition coefficient (Wildman–Crippen LogP) is 0.367. The minimum absolute atomic E-state index is 0.0668. The van der Waals surface area contributed by atoms with Crippen molar-refractivity contribution in [3.05, 3.63) is 0 Å². The third-order valence-electron chi connectivity index (χ3n) is 3.18. The van der Waals surface area contributed by atoms with Crippen LogP contribution in [0, 0.1) is 17.8 Å². The third-order valence-corrected chi connectivity index (χ3v) is 3.18. The lowest BCUT2D eigenvalue weighted by Crippen LogP contribution is -2.45. The van der Waals surface area contributed by atoms with Crippen molar-refractivity contribution in [2.24, 2.45) is 17.8 Å². The monoisotopic (exact) mass is 287 g/mol. The Kier molecular flexibility index (Phi) is 7.64. The summed E-state index contributed by atoms with van der Waals surface area (Å²) in [4.78, 5) is 35.6. The number of rotatable bonds is 7. The molecule has 0 bridgehead atoms. The number of carboxylic acid groups (broad SMARTS) is 1. The molecule has 0 rings (SSSR count). The Bertz CT molecular complexity index is 358. The van der Waals surface area contributed by atoms with Gasteiger partial charge in [0.1, 0.15) is 0 Å². The molecule has 0 saturated carbocycles. The van der Waals surface area contributed by atoms with E-state index in [1.807, 2.05) is 0 Å². The van der Waals surface area contributed by atoms with Crippen LogP contribution in [-0.4, -0.2) is 55.1 Å². The Hall–Kier alpha value is -1.79. The van der Waals surface area contributed by atoms with Crippen molar-refractivity contribution < 1.29 is 19.5 Å². The average molecular weight is 287 g/mol. The van der Waals surface area contributed by atoms with Crippen molar-refractivity contribution in [3.63, 3.8) is 0 Å². The second-order valence-corrected chi connectivity index (χ2v) is 5.27. The van der Waals surface area contributed by atoms with E-state index >= 15 is 0 Å². The molecule has 0 spiro atoms. The van der Waals surface area contributed by atoms with E-state index in [0.717, 1.165) is 0 Å². The summed E-state index contributed by atoms with van der Waals surface area (Å²) in [6, 6.07) is -0.382. The van der Waals surface area contributed by atoms with Crippen molar-refractivity contribution in [2.45, 2.75) is 20.8 Å². The SMILES string of the molecule is CNC(=O)C(C)CN(C)C(=O)NCC(C(=O)O)C(C)C. The molecule has 0 radical (unpaired) electrons. The van der Waals surface area contributed by atoms with Gasteiger partial charge < -0.3 is 20.6 Å². The van der Waals surface area contributed by atoms with E-state index in [1.54, 1.807) is 34.9 Å². The Balaban J connectivity index is 4.33. The second kappa shape index (κ2) is 8.39. The van der Waals surface area contributed by atoms with E-state index in [2.05, 4.69) is 10.6 Å². The van der Waals surface area contributed by atoms with Crippen LogP contribution in [0.1, 0.15) is 20.8 Å². The molecule has 0 saturated heterocycles. The number of hydrogen-bond donors (Lipinski definition) is 3. The molecule has 0 aromatic heterocycles. The Labute approximate surface area is 119 Å². The maximum atomic E-state index is 11.8. The first-order valence-corrected chi connectivity index (χ1v) is 6.64. The molecule has 3 N–H and O–H groups in total. The molecule has 2 unspecified atom stereocenters. The van der Waals surface area contributed by atoms with Gasteiger partial charge in [-0.05, 0) is 5.92 Å². The number of nitrogens with one attached hydrogen (secondary N) is 2. The first kappa shape index (κ1) is 18.2. The van der Waals surface area contributed by atoms with Crippen LogP contribution in [0.5, 0.6) is 0 Å². The topological polar surface area (TPSA) is 98.7 Å². The van der Waals surface area contributed by atoms with Gasteiger partial charge in [0.05, 0.1) is 11.8 Å². The van der Waals surface area contributed by atoms with Gasteiger partial charge in [0.25, 0.3) is 0 Å². The normalized spacial score (nSPS) is 13.5. The summed E-state index contributed by atoms with van der Waals surface area (Å²) in [5, 5.41) is 14.1. The zero-order valence-electron chi connectivity index (χ0n) is 12.8. The molecule has 0 aliphatic carbocycles. The largest absolute Gasteiger partial charge is 0.481 e. The Morgan fingerprint density at radius 1 is 1.20 bits per heavy atom. The van der Waals surface area contributed by atoms with Gasteiger partial charge in [-0.25, -0.2) is 4.79 Å². The standard InChI is InChI=1S/C13H25N3O4/c1-8(2)10(12(18)19)6-15-13(20)16(5)7-9(3)11(17)14-4/h8-10H,6-7H2,1-5H3,(H,14,17)(H,15,20)(H,18,19). The minimum atomic E-state index is -0.929. The minimum Gasteiger partial charge on any atom is -0.481 e. The van der Waals surface area contributed by atoms with Crippen molar-refractivity contribution >= 4 is 17.9 Å². The van der Waals surface area contributed by atoms with Gasteiger partial charge in [-0.2, -0.15) is 0 Å². The summed E-state index contributed by atoms with van der Waals surface area (Å²) in [5.74, 6) is -2.08. The quantitative estimate of drug-likeness (QED) is 0.630. The van der Waals surface area contributed by atoms with Crippen LogP contribution in [-0.2, 0) is 9.59 Å². The molecule has 20 heavy (non-hydrogen) atoms. The number of amides is 3. The fourth-order valence-electron chi connectivity index (χ4n) is 1.76. The predicted molar refractivity (Wildman–Crippen MR) is 75.2 cm³/mol. The Morgan fingerprint density at radius 3 is 2.15 bits per heavy atom. The molecule has 7 heteroatoms. The number of carbonyl (C=O) groups is 3. The van der Waals surface area contributed by atoms with Gasteiger partial charge in [0, 0.05) is 27.2 Å². The zero-order valence-corrected chi connectivity index (χ0v) is 12.8. The van der Waals surface area contributed by atoms with E-state index in [4.69, 9.17) is 5.11 Å². The molecule has 116 valence electrons. The maximum absolute atomic E-state index is 11.8. The average Bonchev–Trinajstić information content (AvgIpc) is 2.36. The van der Waals surface area contributed by atoms with Gasteiger partial charge in [0.15, 0.2) is 0 Å². The van der Waals surface area contributed by atoms with Crippen LogP contribution in [0.3, 0.4) is 0 Å². The number of urea groups is 1. The molecule has 0 aromatic rings. The molecule has 0 aliphatic rings. The summed E-state index contributed by atoms with van der Waals surface area (Å²) in [5.41, 5.74) is 0. The molecule has 7 nitrogen and oxygen atoms in total. The zero-order chi connectivity index (χ0) is 15.9. The highest BCUT2D eigenvalue weighted by Gasteiger charge is 2.23. The lowest BCUT2D eigenvalue weighted by Gasteiger charge is -2.23. The van der Waals surface area contributed by atoms with E-state index < -0.39 is 11.9 Å². The summed E-state index contributed by atoms with van der Waals surface area (Å²) >= 11 is 0. The number of carboxylic acids is 1. The van der Waals surface area contributed by atoms with Crippen LogP contribution in [0.4, 0.5) is 4.79 Å².